The Kier molecular flexibility index (Phi) is 3.94. The van der Waals surface area contributed by atoms with E-state index < -0.39 is 5.97 Å². The van der Waals surface area contributed by atoms with Crippen LogP contribution in [0.1, 0.15) is 18.9 Å². The lowest BCUT2D eigenvalue weighted by molar-refractivity contribution is -0.482. The summed E-state index contributed by atoms with van der Waals surface area (Å²) in [5.74, 6) is -1.03. The highest BCUT2D eigenvalue weighted by Gasteiger charge is 2.54. The Balaban J connectivity index is 1.35. The Bertz CT molecular complexity index is 510. The second kappa shape index (κ2) is 5.83. The van der Waals surface area contributed by atoms with Gasteiger partial charge in [-0.1, -0.05) is 37.3 Å². The number of rotatable bonds is 6. The van der Waals surface area contributed by atoms with Crippen molar-refractivity contribution in [2.24, 2.45) is 10.8 Å². The van der Waals surface area contributed by atoms with Crippen molar-refractivity contribution in [1.29, 1.82) is 0 Å². The first-order valence-corrected chi connectivity index (χ1v) is 8.33. The first-order chi connectivity index (χ1) is 11.2. The largest absolute Gasteiger partial charge is 0.380 e. The zero-order valence-corrected chi connectivity index (χ0v) is 13.6. The summed E-state index contributed by atoms with van der Waals surface area (Å²) in [4.78, 5) is 0. The number of hydrogen-bond acceptors (Lipinski definition) is 5. The molecule has 4 heterocycles. The summed E-state index contributed by atoms with van der Waals surface area (Å²) in [5, 5.41) is 0. The van der Waals surface area contributed by atoms with Crippen LogP contribution >= 0.6 is 0 Å². The Hall–Kier alpha value is -0.980. The van der Waals surface area contributed by atoms with E-state index >= 15 is 0 Å². The normalized spacial score (nSPS) is 35.0. The van der Waals surface area contributed by atoms with Crippen LogP contribution in [-0.4, -0.2) is 46.2 Å². The van der Waals surface area contributed by atoms with E-state index in [1.54, 1.807) is 0 Å². The summed E-state index contributed by atoms with van der Waals surface area (Å²) in [6.45, 7) is 6.91. The number of fused-ring (bicyclic) bond motifs is 3. The van der Waals surface area contributed by atoms with Gasteiger partial charge in [-0.15, -0.1) is 0 Å². The Morgan fingerprint density at radius 3 is 2.09 bits per heavy atom. The number of ether oxygens (including phenoxy) is 5. The zero-order valence-electron chi connectivity index (χ0n) is 13.6. The fourth-order valence-electron chi connectivity index (χ4n) is 3.28. The zero-order chi connectivity index (χ0) is 15.8. The van der Waals surface area contributed by atoms with E-state index in [9.17, 15) is 0 Å². The molecule has 23 heavy (non-hydrogen) atoms. The monoisotopic (exact) mass is 320 g/mol. The van der Waals surface area contributed by atoms with E-state index in [-0.39, 0.29) is 10.8 Å². The Morgan fingerprint density at radius 1 is 0.913 bits per heavy atom. The van der Waals surface area contributed by atoms with Crippen molar-refractivity contribution in [1.82, 2.24) is 0 Å². The highest BCUT2D eigenvalue weighted by molar-refractivity contribution is 5.19. The van der Waals surface area contributed by atoms with E-state index in [2.05, 4.69) is 6.92 Å². The van der Waals surface area contributed by atoms with Gasteiger partial charge in [0, 0.05) is 11.0 Å². The SMILES string of the molecule is CCC1(COCC23COC(c4ccccc4)(OC2)OC3)COC1. The van der Waals surface area contributed by atoms with Gasteiger partial charge in [-0.3, -0.25) is 0 Å². The highest BCUT2D eigenvalue weighted by Crippen LogP contribution is 2.44. The Labute approximate surface area is 136 Å². The quantitative estimate of drug-likeness (QED) is 0.805. The predicted octanol–water partition coefficient (Wildman–Crippen LogP) is 2.30. The molecule has 0 radical (unpaired) electrons. The smallest absolute Gasteiger partial charge is 0.312 e. The first kappa shape index (κ1) is 15.5. The molecular weight excluding hydrogens is 296 g/mol. The molecule has 4 fully saturated rings. The summed E-state index contributed by atoms with van der Waals surface area (Å²) in [6.07, 6.45) is 1.08. The predicted molar refractivity (Wildman–Crippen MR) is 82.8 cm³/mol. The first-order valence-electron chi connectivity index (χ1n) is 8.33. The molecule has 1 aromatic rings. The van der Waals surface area contributed by atoms with Crippen molar-refractivity contribution in [2.45, 2.75) is 19.3 Å². The van der Waals surface area contributed by atoms with Gasteiger partial charge in [-0.2, -0.15) is 0 Å². The van der Waals surface area contributed by atoms with Gasteiger partial charge >= 0.3 is 5.97 Å². The minimum atomic E-state index is -1.03. The fraction of sp³-hybridized carbons (Fsp3) is 0.667. The van der Waals surface area contributed by atoms with Gasteiger partial charge in [0.1, 0.15) is 0 Å². The van der Waals surface area contributed by atoms with Crippen molar-refractivity contribution in [3.63, 3.8) is 0 Å². The van der Waals surface area contributed by atoms with Crippen LogP contribution in [0.3, 0.4) is 0 Å². The van der Waals surface area contributed by atoms with Crippen molar-refractivity contribution in [2.75, 3.05) is 46.2 Å². The molecule has 0 aromatic heterocycles. The summed E-state index contributed by atoms with van der Waals surface area (Å²) >= 11 is 0. The molecule has 0 atom stereocenters. The summed E-state index contributed by atoms with van der Waals surface area (Å²) in [6, 6.07) is 9.83. The van der Waals surface area contributed by atoms with Crippen LogP contribution in [-0.2, 0) is 29.7 Å². The van der Waals surface area contributed by atoms with Gasteiger partial charge in [-0.05, 0) is 6.42 Å². The molecule has 2 bridgehead atoms. The second-order valence-corrected chi connectivity index (χ2v) is 7.13. The highest BCUT2D eigenvalue weighted by atomic mass is 16.9. The van der Waals surface area contributed by atoms with Crippen molar-refractivity contribution in [3.05, 3.63) is 35.9 Å². The third-order valence-corrected chi connectivity index (χ3v) is 5.22. The molecule has 0 unspecified atom stereocenters. The molecule has 5 nitrogen and oxygen atoms in total. The third-order valence-electron chi connectivity index (χ3n) is 5.22. The third kappa shape index (κ3) is 2.71. The van der Waals surface area contributed by atoms with E-state index in [0.717, 1.165) is 31.8 Å². The molecule has 0 saturated carbocycles. The minimum absolute atomic E-state index is 0.198. The van der Waals surface area contributed by atoms with Gasteiger partial charge in [0.05, 0.1) is 51.7 Å². The van der Waals surface area contributed by atoms with Gasteiger partial charge < -0.3 is 23.7 Å². The van der Waals surface area contributed by atoms with Gasteiger partial charge in [0.25, 0.3) is 0 Å². The topological polar surface area (TPSA) is 46.2 Å². The minimum Gasteiger partial charge on any atom is -0.380 e. The van der Waals surface area contributed by atoms with Gasteiger partial charge in [-0.25, -0.2) is 0 Å². The van der Waals surface area contributed by atoms with Gasteiger partial charge in [0.15, 0.2) is 0 Å². The van der Waals surface area contributed by atoms with Crippen LogP contribution in [0.4, 0.5) is 0 Å². The van der Waals surface area contributed by atoms with Crippen LogP contribution < -0.4 is 0 Å². The van der Waals surface area contributed by atoms with Crippen molar-refractivity contribution >= 4 is 0 Å². The Morgan fingerprint density at radius 2 is 1.57 bits per heavy atom. The van der Waals surface area contributed by atoms with Gasteiger partial charge in [0.2, 0.25) is 0 Å². The average molecular weight is 320 g/mol. The molecule has 0 spiro atoms. The average Bonchev–Trinajstić information content (AvgIpc) is 2.60. The van der Waals surface area contributed by atoms with E-state index in [1.165, 1.54) is 0 Å². The molecule has 4 aliphatic rings. The lowest BCUT2D eigenvalue weighted by atomic mass is 9.84. The van der Waals surface area contributed by atoms with E-state index in [4.69, 9.17) is 23.7 Å². The van der Waals surface area contributed by atoms with E-state index in [1.807, 2.05) is 30.3 Å². The number of benzene rings is 1. The maximum Gasteiger partial charge on any atom is 0.312 e. The standard InChI is InChI=1S/C18H24O5/c1-2-16(8-19-9-16)10-20-11-17-12-21-18(22-13-17,23-14-17)15-6-4-3-5-7-15/h3-7H,2,8-14H2,1H3. The molecule has 0 aliphatic carbocycles. The summed E-state index contributed by atoms with van der Waals surface area (Å²) in [5.41, 5.74) is 0.914. The van der Waals surface area contributed by atoms with Crippen molar-refractivity contribution < 1.29 is 23.7 Å². The summed E-state index contributed by atoms with van der Waals surface area (Å²) < 4.78 is 29.2. The molecule has 0 amide bonds. The van der Waals surface area contributed by atoms with Crippen LogP contribution in [0.5, 0.6) is 0 Å². The van der Waals surface area contributed by atoms with E-state index in [0.29, 0.717) is 26.4 Å². The van der Waals surface area contributed by atoms with Crippen LogP contribution in [0.2, 0.25) is 0 Å². The number of hydrogen-bond donors (Lipinski definition) is 0. The molecular formula is C18H24O5. The molecule has 4 saturated heterocycles. The van der Waals surface area contributed by atoms with Crippen LogP contribution in [0, 0.1) is 10.8 Å². The van der Waals surface area contributed by atoms with Crippen LogP contribution in [0.15, 0.2) is 30.3 Å². The van der Waals surface area contributed by atoms with Crippen LogP contribution in [0.25, 0.3) is 0 Å². The summed E-state index contributed by atoms with van der Waals surface area (Å²) in [7, 11) is 0. The lowest BCUT2D eigenvalue weighted by Gasteiger charge is -2.52. The molecule has 1 aromatic carbocycles. The van der Waals surface area contributed by atoms with Crippen molar-refractivity contribution in [3.8, 4) is 0 Å². The molecule has 5 heteroatoms. The maximum absolute atomic E-state index is 6.01. The lowest BCUT2D eigenvalue weighted by Crippen LogP contribution is -2.60. The molecule has 4 aliphatic heterocycles. The molecule has 5 rings (SSSR count). The fourth-order valence-corrected chi connectivity index (χ4v) is 3.28. The molecule has 0 N–H and O–H groups in total. The molecule has 126 valence electrons. The second-order valence-electron chi connectivity index (χ2n) is 7.13. The maximum atomic E-state index is 6.01.